The zero-order chi connectivity index (χ0) is 14.1. The number of ketones is 1. The lowest BCUT2D eigenvalue weighted by Gasteiger charge is -2.42. The van der Waals surface area contributed by atoms with Crippen LogP contribution in [0.3, 0.4) is 0 Å². The van der Waals surface area contributed by atoms with Crippen LogP contribution in [-0.4, -0.2) is 48.6 Å². The zero-order valence-electron chi connectivity index (χ0n) is 12.1. The second-order valence-corrected chi connectivity index (χ2v) is 6.64. The van der Waals surface area contributed by atoms with Crippen LogP contribution in [0.5, 0.6) is 0 Å². The molecule has 108 valence electrons. The fraction of sp³-hybridized carbons (Fsp3) is 0.857. The fourth-order valence-corrected chi connectivity index (χ4v) is 2.81. The average Bonchev–Trinajstić information content (AvgIpc) is 2.32. The molecule has 2 fully saturated rings. The summed E-state index contributed by atoms with van der Waals surface area (Å²) in [5.74, 6) is 0.178. The second-order valence-electron chi connectivity index (χ2n) is 6.64. The van der Waals surface area contributed by atoms with Crippen LogP contribution in [0.4, 0.5) is 4.79 Å². The van der Waals surface area contributed by atoms with Crippen molar-refractivity contribution in [1.82, 2.24) is 10.2 Å². The average molecular weight is 268 g/mol. The SMILES string of the molecule is CC(C)(C)OC(=O)N1CCC2(CCCNC2)C(=O)C1. The van der Waals surface area contributed by atoms with Crippen LogP contribution >= 0.6 is 0 Å². The summed E-state index contributed by atoms with van der Waals surface area (Å²) in [6, 6.07) is 0. The van der Waals surface area contributed by atoms with Crippen molar-refractivity contribution in [3.8, 4) is 0 Å². The normalized spacial score (nSPS) is 28.6. The van der Waals surface area contributed by atoms with Crippen molar-refractivity contribution < 1.29 is 14.3 Å². The van der Waals surface area contributed by atoms with Gasteiger partial charge in [0.05, 0.1) is 6.54 Å². The van der Waals surface area contributed by atoms with Crippen LogP contribution in [-0.2, 0) is 9.53 Å². The van der Waals surface area contributed by atoms with Gasteiger partial charge in [0.2, 0.25) is 0 Å². The maximum absolute atomic E-state index is 12.4. The first-order chi connectivity index (χ1) is 8.82. The summed E-state index contributed by atoms with van der Waals surface area (Å²) in [5.41, 5.74) is -0.752. The summed E-state index contributed by atoms with van der Waals surface area (Å²) in [6.45, 7) is 8.06. The number of ether oxygens (including phenoxy) is 1. The molecule has 1 unspecified atom stereocenters. The van der Waals surface area contributed by atoms with Crippen LogP contribution in [0.2, 0.25) is 0 Å². The van der Waals surface area contributed by atoms with E-state index in [2.05, 4.69) is 5.32 Å². The van der Waals surface area contributed by atoms with Crippen molar-refractivity contribution in [2.45, 2.75) is 45.6 Å². The van der Waals surface area contributed by atoms with Crippen LogP contribution in [0.15, 0.2) is 0 Å². The minimum absolute atomic E-state index is 0.178. The van der Waals surface area contributed by atoms with Gasteiger partial charge in [-0.25, -0.2) is 4.79 Å². The highest BCUT2D eigenvalue weighted by atomic mass is 16.6. The molecule has 5 heteroatoms. The number of nitrogens with one attached hydrogen (secondary N) is 1. The van der Waals surface area contributed by atoms with E-state index >= 15 is 0 Å². The molecule has 2 aliphatic heterocycles. The second kappa shape index (κ2) is 5.12. The lowest BCUT2D eigenvalue weighted by Crippen LogP contribution is -2.56. The summed E-state index contributed by atoms with van der Waals surface area (Å²) in [4.78, 5) is 25.9. The molecule has 2 saturated heterocycles. The maximum Gasteiger partial charge on any atom is 0.410 e. The van der Waals surface area contributed by atoms with Gasteiger partial charge in [0.25, 0.3) is 0 Å². The molecule has 19 heavy (non-hydrogen) atoms. The number of hydrogen-bond acceptors (Lipinski definition) is 4. The molecule has 0 aromatic heterocycles. The third-order valence-electron chi connectivity index (χ3n) is 3.91. The molecule has 0 aliphatic carbocycles. The molecule has 0 radical (unpaired) electrons. The van der Waals surface area contributed by atoms with E-state index in [0.717, 1.165) is 32.4 Å². The minimum Gasteiger partial charge on any atom is -0.444 e. The number of likely N-dealkylation sites (tertiary alicyclic amines) is 1. The zero-order valence-corrected chi connectivity index (χ0v) is 12.1. The highest BCUT2D eigenvalue weighted by molar-refractivity contribution is 5.90. The smallest absolute Gasteiger partial charge is 0.410 e. The first-order valence-corrected chi connectivity index (χ1v) is 7.04. The summed E-state index contributed by atoms with van der Waals surface area (Å²) < 4.78 is 5.32. The number of carbonyl (C=O) groups excluding carboxylic acids is 2. The van der Waals surface area contributed by atoms with Crippen molar-refractivity contribution in [3.05, 3.63) is 0 Å². The standard InChI is InChI=1S/C14H24N2O3/c1-13(2,3)19-12(18)16-8-6-14(11(17)9-16)5-4-7-15-10-14/h15H,4-10H2,1-3H3. The van der Waals surface area contributed by atoms with Crippen LogP contribution in [0.25, 0.3) is 0 Å². The van der Waals surface area contributed by atoms with E-state index in [0.29, 0.717) is 6.54 Å². The van der Waals surface area contributed by atoms with Gasteiger partial charge in [0.1, 0.15) is 5.60 Å². The highest BCUT2D eigenvalue weighted by Gasteiger charge is 2.44. The van der Waals surface area contributed by atoms with Gasteiger partial charge in [-0.1, -0.05) is 0 Å². The van der Waals surface area contributed by atoms with Gasteiger partial charge in [-0.05, 0) is 46.6 Å². The molecule has 1 amide bonds. The van der Waals surface area contributed by atoms with Crippen molar-refractivity contribution in [2.75, 3.05) is 26.2 Å². The quantitative estimate of drug-likeness (QED) is 0.724. The number of nitrogens with zero attached hydrogens (tertiary/aromatic N) is 1. The molecule has 0 bridgehead atoms. The molecule has 1 spiro atoms. The number of carbonyl (C=O) groups is 2. The summed E-state index contributed by atoms with van der Waals surface area (Å²) >= 11 is 0. The molecule has 5 nitrogen and oxygen atoms in total. The molecule has 2 aliphatic rings. The Bertz CT molecular complexity index is 367. The van der Waals surface area contributed by atoms with Crippen molar-refractivity contribution in [3.63, 3.8) is 0 Å². The predicted octanol–water partition coefficient (Wildman–Crippen LogP) is 1.57. The van der Waals surface area contributed by atoms with E-state index in [1.54, 1.807) is 0 Å². The Morgan fingerprint density at radius 3 is 2.63 bits per heavy atom. The molecule has 0 aromatic carbocycles. The van der Waals surface area contributed by atoms with Gasteiger partial charge in [-0.3, -0.25) is 4.79 Å². The molecule has 0 aromatic rings. The van der Waals surface area contributed by atoms with E-state index < -0.39 is 5.60 Å². The van der Waals surface area contributed by atoms with Gasteiger partial charge >= 0.3 is 6.09 Å². The van der Waals surface area contributed by atoms with Crippen molar-refractivity contribution in [2.24, 2.45) is 5.41 Å². The third-order valence-corrected chi connectivity index (χ3v) is 3.91. The first-order valence-electron chi connectivity index (χ1n) is 7.04. The lowest BCUT2D eigenvalue weighted by atomic mass is 9.72. The first kappa shape index (κ1) is 14.3. The molecular formula is C14H24N2O3. The summed E-state index contributed by atoms with van der Waals surface area (Å²) in [6.07, 6.45) is 2.36. The van der Waals surface area contributed by atoms with Gasteiger partial charge in [0, 0.05) is 18.5 Å². The lowest BCUT2D eigenvalue weighted by molar-refractivity contribution is -0.135. The van der Waals surface area contributed by atoms with Crippen molar-refractivity contribution >= 4 is 11.9 Å². The highest BCUT2D eigenvalue weighted by Crippen LogP contribution is 2.35. The molecular weight excluding hydrogens is 244 g/mol. The number of rotatable bonds is 0. The molecule has 0 saturated carbocycles. The summed E-state index contributed by atoms with van der Waals surface area (Å²) in [7, 11) is 0. The van der Waals surface area contributed by atoms with Gasteiger partial charge < -0.3 is 15.0 Å². The summed E-state index contributed by atoms with van der Waals surface area (Å²) in [5, 5.41) is 3.30. The Kier molecular flexibility index (Phi) is 3.85. The largest absolute Gasteiger partial charge is 0.444 e. The number of hydrogen-bond donors (Lipinski definition) is 1. The number of piperidine rings is 2. The fourth-order valence-electron chi connectivity index (χ4n) is 2.81. The Hall–Kier alpha value is -1.10. The molecule has 2 rings (SSSR count). The van der Waals surface area contributed by atoms with Gasteiger partial charge in [-0.2, -0.15) is 0 Å². The minimum atomic E-state index is -0.512. The number of Topliss-reactive ketones (excluding diaryl/α,β-unsaturated/α-hetero) is 1. The van der Waals surface area contributed by atoms with Gasteiger partial charge in [0.15, 0.2) is 5.78 Å². The van der Waals surface area contributed by atoms with E-state index in [1.165, 1.54) is 4.90 Å². The Morgan fingerprint density at radius 1 is 1.37 bits per heavy atom. The topological polar surface area (TPSA) is 58.6 Å². The van der Waals surface area contributed by atoms with E-state index in [4.69, 9.17) is 4.74 Å². The predicted molar refractivity (Wildman–Crippen MR) is 72.0 cm³/mol. The third kappa shape index (κ3) is 3.26. The Balaban J connectivity index is 1.96. The number of amides is 1. The maximum atomic E-state index is 12.4. The monoisotopic (exact) mass is 268 g/mol. The molecule has 1 atom stereocenters. The Morgan fingerprint density at radius 2 is 2.11 bits per heavy atom. The van der Waals surface area contributed by atoms with Crippen molar-refractivity contribution in [1.29, 1.82) is 0 Å². The van der Waals surface area contributed by atoms with Gasteiger partial charge in [-0.15, -0.1) is 0 Å². The van der Waals surface area contributed by atoms with Crippen LogP contribution in [0, 0.1) is 5.41 Å². The Labute approximate surface area is 114 Å². The van der Waals surface area contributed by atoms with E-state index in [9.17, 15) is 9.59 Å². The van der Waals surface area contributed by atoms with E-state index in [-0.39, 0.29) is 23.8 Å². The van der Waals surface area contributed by atoms with Crippen LogP contribution in [0.1, 0.15) is 40.0 Å². The molecule has 1 N–H and O–H groups in total. The molecule has 2 heterocycles. The van der Waals surface area contributed by atoms with E-state index in [1.807, 2.05) is 20.8 Å². The van der Waals surface area contributed by atoms with Crippen LogP contribution < -0.4 is 5.32 Å².